The molecule has 1 aromatic carbocycles. The summed E-state index contributed by atoms with van der Waals surface area (Å²) < 4.78 is 17.6. The van der Waals surface area contributed by atoms with Gasteiger partial charge >= 0.3 is 0 Å². The van der Waals surface area contributed by atoms with Crippen LogP contribution in [-0.2, 0) is 10.6 Å². The Hall–Kier alpha value is -0.930. The Kier molecular flexibility index (Phi) is 4.60. The quantitative estimate of drug-likeness (QED) is 0.759. The summed E-state index contributed by atoms with van der Waals surface area (Å²) in [5, 5.41) is 0. The standard InChI is InChI=1S/C17H23ClO3/c1-19-16-10-13(11-18)4-5-15(16)20-12-14-6-9-17(21-14)7-2-3-8-17/h4-5,10,14H,2-3,6-9,11-12H2,1H3. The van der Waals surface area contributed by atoms with Gasteiger partial charge < -0.3 is 14.2 Å². The minimum Gasteiger partial charge on any atom is -0.493 e. The van der Waals surface area contributed by atoms with Crippen molar-refractivity contribution in [1.29, 1.82) is 0 Å². The highest BCUT2D eigenvalue weighted by atomic mass is 35.5. The molecule has 1 spiro atoms. The molecule has 1 atom stereocenters. The van der Waals surface area contributed by atoms with E-state index in [-0.39, 0.29) is 11.7 Å². The Morgan fingerprint density at radius 2 is 2.05 bits per heavy atom. The first-order valence-corrected chi connectivity index (χ1v) is 8.32. The number of ether oxygens (including phenoxy) is 3. The van der Waals surface area contributed by atoms with Crippen molar-refractivity contribution in [3.8, 4) is 11.5 Å². The summed E-state index contributed by atoms with van der Waals surface area (Å²) in [6.45, 7) is 0.596. The Labute approximate surface area is 131 Å². The van der Waals surface area contributed by atoms with Crippen LogP contribution in [0.2, 0.25) is 0 Å². The summed E-state index contributed by atoms with van der Waals surface area (Å²) in [6.07, 6.45) is 7.54. The number of alkyl halides is 1. The van der Waals surface area contributed by atoms with E-state index in [9.17, 15) is 0 Å². The average Bonchev–Trinajstić information content (AvgIpc) is 3.15. The fourth-order valence-electron chi connectivity index (χ4n) is 3.50. The predicted molar refractivity (Wildman–Crippen MR) is 83.4 cm³/mol. The molecular formula is C17H23ClO3. The lowest BCUT2D eigenvalue weighted by atomic mass is 9.98. The number of methoxy groups -OCH3 is 1. The summed E-state index contributed by atoms with van der Waals surface area (Å²) in [5.74, 6) is 1.98. The van der Waals surface area contributed by atoms with Crippen LogP contribution >= 0.6 is 11.6 Å². The van der Waals surface area contributed by atoms with Gasteiger partial charge in [0.15, 0.2) is 11.5 Å². The van der Waals surface area contributed by atoms with Gasteiger partial charge in [0.25, 0.3) is 0 Å². The minimum absolute atomic E-state index is 0.167. The average molecular weight is 311 g/mol. The highest BCUT2D eigenvalue weighted by Gasteiger charge is 2.42. The van der Waals surface area contributed by atoms with Gasteiger partial charge in [-0.25, -0.2) is 0 Å². The van der Waals surface area contributed by atoms with Crippen molar-refractivity contribution in [2.24, 2.45) is 0 Å². The molecule has 2 fully saturated rings. The third kappa shape index (κ3) is 3.29. The lowest BCUT2D eigenvalue weighted by molar-refractivity contribution is -0.0510. The van der Waals surface area contributed by atoms with Gasteiger partial charge in [0.1, 0.15) is 6.61 Å². The second-order valence-corrected chi connectivity index (χ2v) is 6.37. The molecule has 0 amide bonds. The van der Waals surface area contributed by atoms with Gasteiger partial charge in [0.05, 0.1) is 18.8 Å². The first-order valence-electron chi connectivity index (χ1n) is 7.78. The molecule has 0 radical (unpaired) electrons. The second-order valence-electron chi connectivity index (χ2n) is 6.10. The molecule has 1 saturated carbocycles. The molecule has 1 unspecified atom stereocenters. The maximum absolute atomic E-state index is 6.26. The number of hydrogen-bond acceptors (Lipinski definition) is 3. The lowest BCUT2D eigenvalue weighted by Gasteiger charge is -2.24. The number of halogens is 1. The molecule has 1 aromatic rings. The zero-order valence-electron chi connectivity index (χ0n) is 12.6. The lowest BCUT2D eigenvalue weighted by Crippen LogP contribution is -2.27. The molecule has 3 nitrogen and oxygen atoms in total. The smallest absolute Gasteiger partial charge is 0.161 e. The van der Waals surface area contributed by atoms with Gasteiger partial charge in [-0.1, -0.05) is 18.9 Å². The van der Waals surface area contributed by atoms with Crippen LogP contribution in [0.4, 0.5) is 0 Å². The van der Waals surface area contributed by atoms with E-state index in [4.69, 9.17) is 25.8 Å². The van der Waals surface area contributed by atoms with Crippen LogP contribution in [0.5, 0.6) is 11.5 Å². The zero-order chi connectivity index (χ0) is 14.7. The summed E-state index contributed by atoms with van der Waals surface area (Å²) in [6, 6.07) is 5.83. The van der Waals surface area contributed by atoms with Crippen molar-refractivity contribution >= 4 is 11.6 Å². The number of hydrogen-bond donors (Lipinski definition) is 0. The Balaban J connectivity index is 1.58. The van der Waals surface area contributed by atoms with Crippen molar-refractivity contribution in [1.82, 2.24) is 0 Å². The van der Waals surface area contributed by atoms with Gasteiger partial charge in [0, 0.05) is 5.88 Å². The van der Waals surface area contributed by atoms with E-state index in [1.165, 1.54) is 32.1 Å². The van der Waals surface area contributed by atoms with E-state index in [0.717, 1.165) is 23.5 Å². The SMILES string of the molecule is COc1cc(CCl)ccc1OCC1CCC2(CCCC2)O1. The minimum atomic E-state index is 0.167. The van der Waals surface area contributed by atoms with Gasteiger partial charge in [0.2, 0.25) is 0 Å². The van der Waals surface area contributed by atoms with Gasteiger partial charge in [-0.3, -0.25) is 0 Å². The molecule has 0 N–H and O–H groups in total. The zero-order valence-corrected chi connectivity index (χ0v) is 13.3. The van der Waals surface area contributed by atoms with E-state index < -0.39 is 0 Å². The maximum Gasteiger partial charge on any atom is 0.161 e. The Bertz CT molecular complexity index is 483. The largest absolute Gasteiger partial charge is 0.493 e. The predicted octanol–water partition coefficient (Wildman–Crippen LogP) is 4.30. The molecule has 4 heteroatoms. The van der Waals surface area contributed by atoms with Crippen molar-refractivity contribution in [3.63, 3.8) is 0 Å². The van der Waals surface area contributed by atoms with Gasteiger partial charge in [-0.05, 0) is 43.4 Å². The summed E-state index contributed by atoms with van der Waals surface area (Å²) in [7, 11) is 1.65. The van der Waals surface area contributed by atoms with Gasteiger partial charge in [-0.15, -0.1) is 11.6 Å². The van der Waals surface area contributed by atoms with E-state index in [1.54, 1.807) is 7.11 Å². The molecule has 1 heterocycles. The summed E-state index contributed by atoms with van der Waals surface area (Å²) >= 11 is 5.84. The molecule has 1 aliphatic carbocycles. The first kappa shape index (κ1) is 15.0. The Morgan fingerprint density at radius 3 is 2.76 bits per heavy atom. The fraction of sp³-hybridized carbons (Fsp3) is 0.647. The van der Waals surface area contributed by atoms with Gasteiger partial charge in [-0.2, -0.15) is 0 Å². The highest BCUT2D eigenvalue weighted by molar-refractivity contribution is 6.17. The first-order chi connectivity index (χ1) is 10.2. The van der Waals surface area contributed by atoms with Crippen molar-refractivity contribution < 1.29 is 14.2 Å². The number of benzene rings is 1. The summed E-state index contributed by atoms with van der Waals surface area (Å²) in [5.41, 5.74) is 1.20. The monoisotopic (exact) mass is 310 g/mol. The fourth-order valence-corrected chi connectivity index (χ4v) is 3.66. The molecule has 21 heavy (non-hydrogen) atoms. The van der Waals surface area contributed by atoms with E-state index >= 15 is 0 Å². The molecule has 0 aromatic heterocycles. The molecule has 116 valence electrons. The van der Waals surface area contributed by atoms with Crippen LogP contribution in [0.25, 0.3) is 0 Å². The molecule has 1 aliphatic heterocycles. The van der Waals surface area contributed by atoms with Crippen molar-refractivity contribution in [2.45, 2.75) is 56.1 Å². The molecule has 1 saturated heterocycles. The summed E-state index contributed by atoms with van der Waals surface area (Å²) in [4.78, 5) is 0. The third-order valence-corrected chi connectivity index (χ3v) is 4.97. The normalized spacial score (nSPS) is 23.6. The molecular weight excluding hydrogens is 288 g/mol. The van der Waals surface area contributed by atoms with Crippen LogP contribution in [0.15, 0.2) is 18.2 Å². The van der Waals surface area contributed by atoms with Crippen LogP contribution < -0.4 is 9.47 Å². The Morgan fingerprint density at radius 1 is 1.24 bits per heavy atom. The molecule has 0 bridgehead atoms. The van der Waals surface area contributed by atoms with Crippen molar-refractivity contribution in [2.75, 3.05) is 13.7 Å². The van der Waals surface area contributed by atoms with Crippen LogP contribution in [0.3, 0.4) is 0 Å². The van der Waals surface area contributed by atoms with E-state index in [2.05, 4.69) is 0 Å². The van der Waals surface area contributed by atoms with E-state index in [0.29, 0.717) is 12.5 Å². The molecule has 2 aliphatic rings. The topological polar surface area (TPSA) is 27.7 Å². The highest BCUT2D eigenvalue weighted by Crippen LogP contribution is 2.43. The van der Waals surface area contributed by atoms with Crippen LogP contribution in [0, 0.1) is 0 Å². The van der Waals surface area contributed by atoms with Crippen molar-refractivity contribution in [3.05, 3.63) is 23.8 Å². The van der Waals surface area contributed by atoms with Crippen LogP contribution in [-0.4, -0.2) is 25.4 Å². The maximum atomic E-state index is 6.26. The number of rotatable bonds is 5. The van der Waals surface area contributed by atoms with E-state index in [1.807, 2.05) is 18.2 Å². The molecule has 3 rings (SSSR count). The third-order valence-electron chi connectivity index (χ3n) is 4.66. The second kappa shape index (κ2) is 6.45. The van der Waals surface area contributed by atoms with Crippen LogP contribution in [0.1, 0.15) is 44.1 Å².